The number of carbonyl (C=O) groups is 1. The first-order chi connectivity index (χ1) is 15.6. The molecule has 0 unspecified atom stereocenters. The molecule has 0 bridgehead atoms. The minimum atomic E-state index is -0.00949. The zero-order valence-electron chi connectivity index (χ0n) is 18.4. The number of hydrogen-bond donors (Lipinski definition) is 0. The Morgan fingerprint density at radius 1 is 0.906 bits per heavy atom. The molecule has 0 radical (unpaired) electrons. The second-order valence-electron chi connectivity index (χ2n) is 7.86. The van der Waals surface area contributed by atoms with Crippen molar-refractivity contribution >= 4 is 5.91 Å². The summed E-state index contributed by atoms with van der Waals surface area (Å²) in [5, 5.41) is 4.09. The van der Waals surface area contributed by atoms with Gasteiger partial charge in [-0.25, -0.2) is 0 Å². The van der Waals surface area contributed by atoms with E-state index in [0.717, 1.165) is 16.7 Å². The molecule has 162 valence electrons. The quantitative estimate of drug-likeness (QED) is 0.368. The standard InChI is InChI=1S/C27H27N3O2/c1-3-30(19-25-28-27(29-32-25)23-16-14-20(2)15-17-23)26(31)18-24(21-10-6-4-7-11-21)22-12-8-5-9-13-22/h4-17,24H,3,18-19H2,1-2H3. The van der Waals surface area contributed by atoms with E-state index in [4.69, 9.17) is 4.52 Å². The van der Waals surface area contributed by atoms with Gasteiger partial charge >= 0.3 is 0 Å². The van der Waals surface area contributed by atoms with E-state index >= 15 is 0 Å². The predicted molar refractivity (Wildman–Crippen MR) is 125 cm³/mol. The van der Waals surface area contributed by atoms with Gasteiger partial charge in [0.2, 0.25) is 17.6 Å². The SMILES string of the molecule is CCN(Cc1nc(-c2ccc(C)cc2)no1)C(=O)CC(c1ccccc1)c1ccccc1. The molecule has 0 aliphatic heterocycles. The first-order valence-electron chi connectivity index (χ1n) is 10.9. The number of aromatic nitrogens is 2. The highest BCUT2D eigenvalue weighted by Crippen LogP contribution is 2.29. The molecular weight excluding hydrogens is 398 g/mol. The summed E-state index contributed by atoms with van der Waals surface area (Å²) in [6.07, 6.45) is 0.376. The van der Waals surface area contributed by atoms with Crippen molar-refractivity contribution in [2.24, 2.45) is 0 Å². The fourth-order valence-electron chi connectivity index (χ4n) is 3.78. The summed E-state index contributed by atoms with van der Waals surface area (Å²) in [6, 6.07) is 28.3. The van der Waals surface area contributed by atoms with Crippen LogP contribution in [0.5, 0.6) is 0 Å². The summed E-state index contributed by atoms with van der Waals surface area (Å²) in [5.41, 5.74) is 4.32. The lowest BCUT2D eigenvalue weighted by molar-refractivity contribution is -0.132. The van der Waals surface area contributed by atoms with Crippen LogP contribution in [-0.2, 0) is 11.3 Å². The predicted octanol–water partition coefficient (Wildman–Crippen LogP) is 5.62. The fraction of sp³-hybridized carbons (Fsp3) is 0.222. The Bertz CT molecular complexity index is 1100. The molecule has 5 nitrogen and oxygen atoms in total. The van der Waals surface area contributed by atoms with Gasteiger partial charge in [0.1, 0.15) is 0 Å². The average molecular weight is 426 g/mol. The Morgan fingerprint density at radius 2 is 1.50 bits per heavy atom. The van der Waals surface area contributed by atoms with Crippen molar-refractivity contribution in [2.75, 3.05) is 6.54 Å². The van der Waals surface area contributed by atoms with E-state index in [-0.39, 0.29) is 11.8 Å². The van der Waals surface area contributed by atoms with E-state index in [1.807, 2.05) is 74.5 Å². The highest BCUT2D eigenvalue weighted by molar-refractivity contribution is 5.77. The number of nitrogens with zero attached hydrogens (tertiary/aromatic N) is 3. The van der Waals surface area contributed by atoms with E-state index in [2.05, 4.69) is 34.4 Å². The maximum Gasteiger partial charge on any atom is 0.246 e. The van der Waals surface area contributed by atoms with E-state index in [1.54, 1.807) is 4.90 Å². The highest BCUT2D eigenvalue weighted by Gasteiger charge is 2.23. The van der Waals surface area contributed by atoms with Gasteiger partial charge in [0.15, 0.2) is 0 Å². The molecule has 0 fully saturated rings. The number of rotatable bonds is 8. The number of amides is 1. The summed E-state index contributed by atoms with van der Waals surface area (Å²) >= 11 is 0. The van der Waals surface area contributed by atoms with Crippen LogP contribution in [0.25, 0.3) is 11.4 Å². The van der Waals surface area contributed by atoms with Gasteiger partial charge in [0, 0.05) is 24.4 Å². The number of benzene rings is 3. The minimum absolute atomic E-state index is 0.00949. The van der Waals surface area contributed by atoms with Crippen LogP contribution in [0.2, 0.25) is 0 Å². The molecule has 1 amide bonds. The van der Waals surface area contributed by atoms with Gasteiger partial charge in [-0.3, -0.25) is 4.79 Å². The first-order valence-corrected chi connectivity index (χ1v) is 10.9. The van der Waals surface area contributed by atoms with Crippen LogP contribution in [0.15, 0.2) is 89.5 Å². The van der Waals surface area contributed by atoms with Crippen LogP contribution in [0, 0.1) is 6.92 Å². The van der Waals surface area contributed by atoms with Crippen molar-refractivity contribution in [3.8, 4) is 11.4 Å². The normalized spacial score (nSPS) is 11.0. The van der Waals surface area contributed by atoms with Crippen LogP contribution >= 0.6 is 0 Å². The monoisotopic (exact) mass is 425 g/mol. The fourth-order valence-corrected chi connectivity index (χ4v) is 3.78. The molecule has 1 aromatic heterocycles. The van der Waals surface area contributed by atoms with Gasteiger partial charge in [-0.2, -0.15) is 4.98 Å². The second-order valence-corrected chi connectivity index (χ2v) is 7.86. The summed E-state index contributed by atoms with van der Waals surface area (Å²) in [4.78, 5) is 19.6. The molecule has 32 heavy (non-hydrogen) atoms. The zero-order chi connectivity index (χ0) is 22.3. The summed E-state index contributed by atoms with van der Waals surface area (Å²) in [7, 11) is 0. The number of hydrogen-bond acceptors (Lipinski definition) is 4. The van der Waals surface area contributed by atoms with Crippen LogP contribution in [0.4, 0.5) is 0 Å². The molecular formula is C27H27N3O2. The topological polar surface area (TPSA) is 59.2 Å². The molecule has 0 spiro atoms. The lowest BCUT2D eigenvalue weighted by atomic mass is 9.88. The van der Waals surface area contributed by atoms with Gasteiger partial charge < -0.3 is 9.42 Å². The van der Waals surface area contributed by atoms with E-state index < -0.39 is 0 Å². The van der Waals surface area contributed by atoms with Crippen molar-refractivity contribution in [1.29, 1.82) is 0 Å². The van der Waals surface area contributed by atoms with Crippen LogP contribution in [-0.4, -0.2) is 27.5 Å². The Balaban J connectivity index is 1.50. The van der Waals surface area contributed by atoms with E-state index in [1.165, 1.54) is 5.56 Å². The zero-order valence-corrected chi connectivity index (χ0v) is 18.4. The smallest absolute Gasteiger partial charge is 0.246 e. The molecule has 5 heteroatoms. The Kier molecular flexibility index (Phi) is 6.75. The van der Waals surface area contributed by atoms with Crippen molar-refractivity contribution in [1.82, 2.24) is 15.0 Å². The molecule has 0 saturated carbocycles. The van der Waals surface area contributed by atoms with Crippen molar-refractivity contribution in [3.05, 3.63) is 108 Å². The van der Waals surface area contributed by atoms with E-state index in [9.17, 15) is 4.79 Å². The lowest BCUT2D eigenvalue weighted by Crippen LogP contribution is -2.31. The van der Waals surface area contributed by atoms with Crippen molar-refractivity contribution in [2.45, 2.75) is 32.7 Å². The third-order valence-corrected chi connectivity index (χ3v) is 5.62. The Morgan fingerprint density at radius 3 is 2.06 bits per heavy atom. The summed E-state index contributed by atoms with van der Waals surface area (Å²) in [6.45, 7) is 4.87. The summed E-state index contributed by atoms with van der Waals surface area (Å²) < 4.78 is 5.45. The maximum absolute atomic E-state index is 13.3. The number of carbonyl (C=O) groups excluding carboxylic acids is 1. The molecule has 4 rings (SSSR count). The Labute approximate surface area is 188 Å². The van der Waals surface area contributed by atoms with Crippen LogP contribution in [0.3, 0.4) is 0 Å². The van der Waals surface area contributed by atoms with Crippen LogP contribution < -0.4 is 0 Å². The maximum atomic E-state index is 13.3. The van der Waals surface area contributed by atoms with Gasteiger partial charge in [0.05, 0.1) is 6.54 Å². The molecule has 4 aromatic rings. The lowest BCUT2D eigenvalue weighted by Gasteiger charge is -2.23. The summed E-state index contributed by atoms with van der Waals surface area (Å²) in [5.74, 6) is 1.02. The molecule has 0 saturated heterocycles. The molecule has 0 aliphatic carbocycles. The molecule has 1 heterocycles. The van der Waals surface area contributed by atoms with Crippen molar-refractivity contribution < 1.29 is 9.32 Å². The highest BCUT2D eigenvalue weighted by atomic mass is 16.5. The van der Waals surface area contributed by atoms with Gasteiger partial charge in [-0.05, 0) is 25.0 Å². The van der Waals surface area contributed by atoms with Crippen LogP contribution in [0.1, 0.15) is 41.8 Å². The van der Waals surface area contributed by atoms with E-state index in [0.29, 0.717) is 31.2 Å². The average Bonchev–Trinajstić information content (AvgIpc) is 3.31. The molecule has 0 atom stereocenters. The molecule has 0 aliphatic rings. The minimum Gasteiger partial charge on any atom is -0.337 e. The third-order valence-electron chi connectivity index (χ3n) is 5.62. The first kappa shape index (κ1) is 21.5. The second kappa shape index (κ2) is 10.1. The van der Waals surface area contributed by atoms with Gasteiger partial charge in [0.25, 0.3) is 0 Å². The Hall–Kier alpha value is -3.73. The number of aryl methyl sites for hydroxylation is 1. The largest absolute Gasteiger partial charge is 0.337 e. The van der Waals surface area contributed by atoms with Crippen molar-refractivity contribution in [3.63, 3.8) is 0 Å². The molecule has 3 aromatic carbocycles. The molecule has 0 N–H and O–H groups in total. The van der Waals surface area contributed by atoms with Gasteiger partial charge in [-0.15, -0.1) is 0 Å². The van der Waals surface area contributed by atoms with Gasteiger partial charge in [-0.1, -0.05) is 95.6 Å². The third kappa shape index (κ3) is 5.11.